The highest BCUT2D eigenvalue weighted by Gasteiger charge is 2.33. The fraction of sp³-hybridized carbons (Fsp3) is 0.474. The van der Waals surface area contributed by atoms with Crippen LogP contribution in [0.25, 0.3) is 0 Å². The lowest BCUT2D eigenvalue weighted by atomic mass is 9.79. The number of anilines is 1. The molecule has 0 saturated carbocycles. The Morgan fingerprint density at radius 2 is 1.96 bits per heavy atom. The Bertz CT molecular complexity index is 679. The molecule has 128 valence electrons. The second-order valence-electron chi connectivity index (χ2n) is 7.47. The largest absolute Gasteiger partial charge is 0.360 e. The summed E-state index contributed by atoms with van der Waals surface area (Å²) in [5.74, 6) is 0.0572. The monoisotopic (exact) mass is 346 g/mol. The summed E-state index contributed by atoms with van der Waals surface area (Å²) in [5, 5.41) is 3.68. The Balaban J connectivity index is 1.72. The highest BCUT2D eigenvalue weighted by atomic mass is 35.5. The number of amides is 1. The van der Waals surface area contributed by atoms with E-state index in [2.05, 4.69) is 24.1 Å². The smallest absolute Gasteiger partial charge is 0.246 e. The number of nitrogens with zero attached hydrogens (tertiary/aromatic N) is 1. The first-order chi connectivity index (χ1) is 11.3. The number of carbonyl (C=O) groups excluding carboxylic acids is 2. The molecule has 1 aromatic carbocycles. The Labute approximate surface area is 147 Å². The van der Waals surface area contributed by atoms with E-state index in [-0.39, 0.29) is 23.1 Å². The average molecular weight is 347 g/mol. The molecule has 1 aliphatic heterocycles. The van der Waals surface area contributed by atoms with E-state index in [0.717, 1.165) is 37.2 Å². The molecular formula is C19H23ClN2O2. The van der Waals surface area contributed by atoms with E-state index in [1.54, 1.807) is 6.08 Å². The molecule has 1 aromatic rings. The quantitative estimate of drug-likeness (QED) is 0.907. The molecule has 1 N–H and O–H groups in total. The highest BCUT2D eigenvalue weighted by Crippen LogP contribution is 2.33. The van der Waals surface area contributed by atoms with Crippen LogP contribution in [0.4, 0.5) is 5.69 Å². The maximum absolute atomic E-state index is 12.8. The van der Waals surface area contributed by atoms with Gasteiger partial charge in [-0.05, 0) is 48.9 Å². The lowest BCUT2D eigenvalue weighted by Gasteiger charge is -2.31. The highest BCUT2D eigenvalue weighted by molar-refractivity contribution is 6.30. The van der Waals surface area contributed by atoms with Gasteiger partial charge in [0.1, 0.15) is 6.04 Å². The van der Waals surface area contributed by atoms with Crippen molar-refractivity contribution in [1.29, 1.82) is 0 Å². The molecule has 0 spiro atoms. The summed E-state index contributed by atoms with van der Waals surface area (Å²) in [6, 6.07) is 7.37. The van der Waals surface area contributed by atoms with Crippen LogP contribution in [-0.2, 0) is 9.59 Å². The normalized spacial score (nSPS) is 23.1. The summed E-state index contributed by atoms with van der Waals surface area (Å²) in [5.41, 5.74) is 1.65. The molecule has 24 heavy (non-hydrogen) atoms. The Hall–Kier alpha value is -1.81. The summed E-state index contributed by atoms with van der Waals surface area (Å²) in [6.45, 7) is 4.96. The summed E-state index contributed by atoms with van der Waals surface area (Å²) in [6.07, 6.45) is 4.64. The van der Waals surface area contributed by atoms with Crippen molar-refractivity contribution < 1.29 is 9.59 Å². The maximum Gasteiger partial charge on any atom is 0.246 e. The zero-order valence-electron chi connectivity index (χ0n) is 14.1. The molecule has 1 unspecified atom stereocenters. The first-order valence-electron chi connectivity index (χ1n) is 8.41. The molecule has 4 nitrogen and oxygen atoms in total. The van der Waals surface area contributed by atoms with Crippen molar-refractivity contribution in [3.8, 4) is 0 Å². The summed E-state index contributed by atoms with van der Waals surface area (Å²) in [7, 11) is 0. The van der Waals surface area contributed by atoms with Gasteiger partial charge in [-0.3, -0.25) is 9.59 Å². The fourth-order valence-corrected chi connectivity index (χ4v) is 3.77. The number of hydrogen-bond acceptors (Lipinski definition) is 3. The number of hydrogen-bond donors (Lipinski definition) is 1. The standard InChI is InChI=1S/C19H23ClN2O2/c1-19(2)11-14(10-16(23)12-19)21-18(24)17-4-3-9-22(17)15-7-5-13(20)6-8-15/h5-8,10,17H,3-4,9,11-12H2,1-2H3,(H,21,24). The predicted octanol–water partition coefficient (Wildman–Crippen LogP) is 3.70. The third-order valence-corrected chi connectivity index (χ3v) is 4.91. The van der Waals surface area contributed by atoms with E-state index >= 15 is 0 Å². The van der Waals surface area contributed by atoms with Crippen molar-refractivity contribution in [2.75, 3.05) is 11.4 Å². The van der Waals surface area contributed by atoms with Crippen LogP contribution in [0.15, 0.2) is 36.0 Å². The van der Waals surface area contributed by atoms with E-state index in [9.17, 15) is 9.59 Å². The molecule has 1 saturated heterocycles. The van der Waals surface area contributed by atoms with Crippen LogP contribution >= 0.6 is 11.6 Å². The number of halogens is 1. The van der Waals surface area contributed by atoms with Gasteiger partial charge in [-0.15, -0.1) is 0 Å². The van der Waals surface area contributed by atoms with Crippen LogP contribution in [-0.4, -0.2) is 24.3 Å². The summed E-state index contributed by atoms with van der Waals surface area (Å²) >= 11 is 5.95. The lowest BCUT2D eigenvalue weighted by Crippen LogP contribution is -2.44. The van der Waals surface area contributed by atoms with E-state index in [0.29, 0.717) is 11.4 Å². The zero-order valence-corrected chi connectivity index (χ0v) is 14.9. The van der Waals surface area contributed by atoms with Crippen LogP contribution in [0.3, 0.4) is 0 Å². The maximum atomic E-state index is 12.8. The third-order valence-electron chi connectivity index (χ3n) is 4.65. The molecule has 0 aromatic heterocycles. The van der Waals surface area contributed by atoms with E-state index in [4.69, 9.17) is 11.6 Å². The first kappa shape index (κ1) is 17.0. The Kier molecular flexibility index (Phi) is 4.68. The van der Waals surface area contributed by atoms with Gasteiger partial charge in [0, 0.05) is 35.4 Å². The van der Waals surface area contributed by atoms with E-state index in [1.807, 2.05) is 24.3 Å². The van der Waals surface area contributed by atoms with Crippen LogP contribution in [0.5, 0.6) is 0 Å². The molecule has 1 heterocycles. The SMILES string of the molecule is CC1(C)CC(=O)C=C(NC(=O)C2CCCN2c2ccc(Cl)cc2)C1. The van der Waals surface area contributed by atoms with Crippen LogP contribution < -0.4 is 10.2 Å². The van der Waals surface area contributed by atoms with Gasteiger partial charge in [-0.2, -0.15) is 0 Å². The van der Waals surface area contributed by atoms with Crippen molar-refractivity contribution in [3.63, 3.8) is 0 Å². The number of rotatable bonds is 3. The molecule has 5 heteroatoms. The van der Waals surface area contributed by atoms with Gasteiger partial charge in [0.25, 0.3) is 0 Å². The summed E-state index contributed by atoms with van der Waals surface area (Å²) < 4.78 is 0. The Morgan fingerprint density at radius 3 is 2.62 bits per heavy atom. The zero-order chi connectivity index (χ0) is 17.3. The lowest BCUT2D eigenvalue weighted by molar-refractivity contribution is -0.121. The van der Waals surface area contributed by atoms with E-state index < -0.39 is 0 Å². The minimum Gasteiger partial charge on any atom is -0.360 e. The van der Waals surface area contributed by atoms with Gasteiger partial charge < -0.3 is 10.2 Å². The first-order valence-corrected chi connectivity index (χ1v) is 8.78. The fourth-order valence-electron chi connectivity index (χ4n) is 3.65. The molecule has 3 rings (SSSR count). The van der Waals surface area contributed by atoms with Crippen molar-refractivity contribution >= 4 is 29.0 Å². The minimum absolute atomic E-state index is 0.0285. The van der Waals surface area contributed by atoms with Gasteiger partial charge in [-0.1, -0.05) is 25.4 Å². The molecule has 1 amide bonds. The van der Waals surface area contributed by atoms with Gasteiger partial charge >= 0.3 is 0 Å². The van der Waals surface area contributed by atoms with Gasteiger partial charge in [0.05, 0.1) is 0 Å². The average Bonchev–Trinajstić information content (AvgIpc) is 2.95. The molecule has 1 atom stereocenters. The van der Waals surface area contributed by atoms with Crippen molar-refractivity contribution in [2.24, 2.45) is 5.41 Å². The number of ketones is 1. The second-order valence-corrected chi connectivity index (χ2v) is 7.91. The topological polar surface area (TPSA) is 49.4 Å². The van der Waals surface area contributed by atoms with Gasteiger partial charge in [-0.25, -0.2) is 0 Å². The molecular weight excluding hydrogens is 324 g/mol. The third kappa shape index (κ3) is 3.81. The van der Waals surface area contributed by atoms with Crippen LogP contribution in [0, 0.1) is 5.41 Å². The van der Waals surface area contributed by atoms with Crippen molar-refractivity contribution in [3.05, 3.63) is 41.1 Å². The second kappa shape index (κ2) is 6.60. The number of allylic oxidation sites excluding steroid dienone is 2. The summed E-state index contributed by atoms with van der Waals surface area (Å²) in [4.78, 5) is 26.7. The van der Waals surface area contributed by atoms with E-state index in [1.165, 1.54) is 0 Å². The number of benzene rings is 1. The Morgan fingerprint density at radius 1 is 1.25 bits per heavy atom. The van der Waals surface area contributed by atoms with Crippen LogP contribution in [0.2, 0.25) is 5.02 Å². The molecule has 0 bridgehead atoms. The predicted molar refractivity (Wildman–Crippen MR) is 96.1 cm³/mol. The van der Waals surface area contributed by atoms with Crippen molar-refractivity contribution in [1.82, 2.24) is 5.32 Å². The van der Waals surface area contributed by atoms with Gasteiger partial charge in [0.2, 0.25) is 5.91 Å². The van der Waals surface area contributed by atoms with Crippen molar-refractivity contribution in [2.45, 2.75) is 45.6 Å². The number of carbonyl (C=O) groups is 2. The van der Waals surface area contributed by atoms with Gasteiger partial charge in [0.15, 0.2) is 5.78 Å². The molecule has 0 radical (unpaired) electrons. The molecule has 1 aliphatic carbocycles. The number of nitrogens with one attached hydrogen (secondary N) is 1. The molecule has 2 aliphatic rings. The van der Waals surface area contributed by atoms with Crippen LogP contribution in [0.1, 0.15) is 39.5 Å². The molecule has 1 fully saturated rings. The minimum atomic E-state index is -0.202.